The van der Waals surface area contributed by atoms with E-state index in [0.29, 0.717) is 13.1 Å². The topological polar surface area (TPSA) is 50.9 Å². The largest absolute Gasteiger partial charge is 0.364 e. The number of nitrogens with one attached hydrogen (secondary N) is 1. The highest BCUT2D eigenvalue weighted by molar-refractivity contribution is 6.30. The molecule has 0 bridgehead atoms. The average molecular weight is 266 g/mol. The molecular formula is C13H13ClFN3. The van der Waals surface area contributed by atoms with E-state index in [0.717, 1.165) is 11.1 Å². The van der Waals surface area contributed by atoms with Gasteiger partial charge in [-0.05, 0) is 17.2 Å². The van der Waals surface area contributed by atoms with Crippen molar-refractivity contribution in [2.75, 3.05) is 5.32 Å². The van der Waals surface area contributed by atoms with Crippen LogP contribution in [0.3, 0.4) is 0 Å². The molecule has 18 heavy (non-hydrogen) atoms. The van der Waals surface area contributed by atoms with Gasteiger partial charge in [0.05, 0.1) is 5.02 Å². The predicted octanol–water partition coefficient (Wildman–Crippen LogP) is 2.94. The molecule has 1 heterocycles. The lowest BCUT2D eigenvalue weighted by Gasteiger charge is -2.07. The number of aromatic nitrogens is 1. The molecule has 3 N–H and O–H groups in total. The summed E-state index contributed by atoms with van der Waals surface area (Å²) in [6.45, 7) is 0.973. The van der Waals surface area contributed by atoms with Crippen LogP contribution in [0, 0.1) is 5.82 Å². The Morgan fingerprint density at radius 2 is 2.06 bits per heavy atom. The second kappa shape index (κ2) is 5.80. The Labute approximate surface area is 110 Å². The number of hydrogen-bond acceptors (Lipinski definition) is 3. The molecule has 2 rings (SSSR count). The van der Waals surface area contributed by atoms with Crippen molar-refractivity contribution in [2.45, 2.75) is 13.1 Å². The van der Waals surface area contributed by atoms with Crippen molar-refractivity contribution in [2.24, 2.45) is 5.73 Å². The molecule has 5 heteroatoms. The Hall–Kier alpha value is -1.65. The fraction of sp³-hybridized carbons (Fsp3) is 0.154. The Morgan fingerprint density at radius 1 is 1.28 bits per heavy atom. The van der Waals surface area contributed by atoms with E-state index in [1.807, 2.05) is 24.3 Å². The predicted molar refractivity (Wildman–Crippen MR) is 70.9 cm³/mol. The van der Waals surface area contributed by atoms with Gasteiger partial charge in [-0.1, -0.05) is 35.9 Å². The van der Waals surface area contributed by atoms with Crippen molar-refractivity contribution < 1.29 is 4.39 Å². The summed E-state index contributed by atoms with van der Waals surface area (Å²) in [6, 6.07) is 9.02. The van der Waals surface area contributed by atoms with E-state index in [1.165, 1.54) is 12.3 Å². The first kappa shape index (κ1) is 12.8. The Balaban J connectivity index is 2.06. The molecule has 0 spiro atoms. The molecule has 94 valence electrons. The number of nitrogens with zero attached hydrogens (tertiary/aromatic N) is 1. The minimum Gasteiger partial charge on any atom is -0.364 e. The molecule has 1 aromatic carbocycles. The molecule has 2 aromatic rings. The first-order chi connectivity index (χ1) is 8.69. The van der Waals surface area contributed by atoms with Crippen LogP contribution in [0.15, 0.2) is 36.5 Å². The molecule has 0 fully saturated rings. The SMILES string of the molecule is NCc1cccc(CNc2ncc(Cl)cc2F)c1. The van der Waals surface area contributed by atoms with Gasteiger partial charge in [-0.2, -0.15) is 0 Å². The third kappa shape index (κ3) is 3.18. The van der Waals surface area contributed by atoms with E-state index in [1.54, 1.807) is 0 Å². The number of rotatable bonds is 4. The molecule has 0 saturated carbocycles. The summed E-state index contributed by atoms with van der Waals surface area (Å²) in [4.78, 5) is 3.89. The summed E-state index contributed by atoms with van der Waals surface area (Å²) in [6.07, 6.45) is 1.41. The lowest BCUT2D eigenvalue weighted by molar-refractivity contribution is 0.624. The summed E-state index contributed by atoms with van der Waals surface area (Å²) in [7, 11) is 0. The van der Waals surface area contributed by atoms with Gasteiger partial charge in [0.1, 0.15) is 0 Å². The first-order valence-corrected chi connectivity index (χ1v) is 5.89. The summed E-state index contributed by atoms with van der Waals surface area (Å²) >= 11 is 5.63. The van der Waals surface area contributed by atoms with Crippen molar-refractivity contribution >= 4 is 17.4 Å². The number of pyridine rings is 1. The zero-order valence-corrected chi connectivity index (χ0v) is 10.4. The van der Waals surface area contributed by atoms with Crippen LogP contribution in [-0.2, 0) is 13.1 Å². The third-order valence-corrected chi connectivity index (χ3v) is 2.70. The number of anilines is 1. The molecule has 0 radical (unpaired) electrons. The first-order valence-electron chi connectivity index (χ1n) is 5.52. The van der Waals surface area contributed by atoms with E-state index in [9.17, 15) is 4.39 Å². The van der Waals surface area contributed by atoms with Crippen LogP contribution >= 0.6 is 11.6 Å². The number of hydrogen-bond donors (Lipinski definition) is 2. The van der Waals surface area contributed by atoms with Gasteiger partial charge in [0.25, 0.3) is 0 Å². The highest BCUT2D eigenvalue weighted by Crippen LogP contribution is 2.16. The number of halogens is 2. The van der Waals surface area contributed by atoms with Crippen LogP contribution in [0.1, 0.15) is 11.1 Å². The minimum absolute atomic E-state index is 0.192. The smallest absolute Gasteiger partial charge is 0.166 e. The maximum absolute atomic E-state index is 13.5. The Kier molecular flexibility index (Phi) is 4.12. The standard InChI is InChI=1S/C13H13ClFN3/c14-11-5-12(15)13(18-8-11)17-7-10-3-1-2-9(4-10)6-16/h1-5,8H,6-7,16H2,(H,17,18). The molecule has 0 aliphatic carbocycles. The van der Waals surface area contributed by atoms with Crippen molar-refractivity contribution in [3.63, 3.8) is 0 Å². The highest BCUT2D eigenvalue weighted by atomic mass is 35.5. The Bertz CT molecular complexity index is 546. The van der Waals surface area contributed by atoms with Crippen LogP contribution in [0.2, 0.25) is 5.02 Å². The van der Waals surface area contributed by atoms with E-state index in [-0.39, 0.29) is 10.8 Å². The molecule has 0 amide bonds. The van der Waals surface area contributed by atoms with Crippen molar-refractivity contribution in [3.8, 4) is 0 Å². The van der Waals surface area contributed by atoms with Gasteiger partial charge >= 0.3 is 0 Å². The lowest BCUT2D eigenvalue weighted by atomic mass is 10.1. The minimum atomic E-state index is -0.461. The summed E-state index contributed by atoms with van der Waals surface area (Å²) in [5.41, 5.74) is 7.62. The van der Waals surface area contributed by atoms with Crippen LogP contribution in [-0.4, -0.2) is 4.98 Å². The normalized spacial score (nSPS) is 10.4. The van der Waals surface area contributed by atoms with E-state index >= 15 is 0 Å². The maximum Gasteiger partial charge on any atom is 0.166 e. The van der Waals surface area contributed by atoms with Crippen LogP contribution in [0.4, 0.5) is 10.2 Å². The van der Waals surface area contributed by atoms with Gasteiger partial charge in [0, 0.05) is 19.3 Å². The molecular weight excluding hydrogens is 253 g/mol. The van der Waals surface area contributed by atoms with Crippen LogP contribution < -0.4 is 11.1 Å². The molecule has 1 aromatic heterocycles. The van der Waals surface area contributed by atoms with Gasteiger partial charge in [-0.25, -0.2) is 9.37 Å². The van der Waals surface area contributed by atoms with Gasteiger partial charge in [0.15, 0.2) is 11.6 Å². The third-order valence-electron chi connectivity index (χ3n) is 2.49. The lowest BCUT2D eigenvalue weighted by Crippen LogP contribution is -2.04. The monoisotopic (exact) mass is 265 g/mol. The average Bonchev–Trinajstić information content (AvgIpc) is 2.38. The van der Waals surface area contributed by atoms with Gasteiger partial charge in [-0.15, -0.1) is 0 Å². The zero-order valence-electron chi connectivity index (χ0n) is 9.66. The highest BCUT2D eigenvalue weighted by Gasteiger charge is 2.04. The molecule has 3 nitrogen and oxygen atoms in total. The maximum atomic E-state index is 13.5. The van der Waals surface area contributed by atoms with E-state index in [2.05, 4.69) is 10.3 Å². The summed E-state index contributed by atoms with van der Waals surface area (Å²) < 4.78 is 13.5. The molecule has 0 saturated heterocycles. The molecule has 0 unspecified atom stereocenters. The van der Waals surface area contributed by atoms with Crippen LogP contribution in [0.5, 0.6) is 0 Å². The quantitative estimate of drug-likeness (QED) is 0.894. The molecule has 0 atom stereocenters. The second-order valence-corrected chi connectivity index (χ2v) is 4.30. The van der Waals surface area contributed by atoms with Gasteiger partial charge in [0.2, 0.25) is 0 Å². The van der Waals surface area contributed by atoms with Gasteiger partial charge in [-0.3, -0.25) is 0 Å². The fourth-order valence-corrected chi connectivity index (χ4v) is 1.74. The molecule has 0 aliphatic heterocycles. The molecule has 0 aliphatic rings. The van der Waals surface area contributed by atoms with Gasteiger partial charge < -0.3 is 11.1 Å². The Morgan fingerprint density at radius 3 is 2.78 bits per heavy atom. The van der Waals surface area contributed by atoms with Crippen LogP contribution in [0.25, 0.3) is 0 Å². The number of nitrogens with two attached hydrogens (primary N) is 1. The van der Waals surface area contributed by atoms with E-state index in [4.69, 9.17) is 17.3 Å². The summed E-state index contributed by atoms with van der Waals surface area (Å²) in [5, 5.41) is 3.20. The van der Waals surface area contributed by atoms with Crippen molar-refractivity contribution in [1.82, 2.24) is 4.98 Å². The summed E-state index contributed by atoms with van der Waals surface area (Å²) in [5.74, 6) is -0.268. The fourth-order valence-electron chi connectivity index (χ4n) is 1.60. The van der Waals surface area contributed by atoms with E-state index < -0.39 is 5.82 Å². The van der Waals surface area contributed by atoms with Crippen molar-refractivity contribution in [1.29, 1.82) is 0 Å². The number of benzene rings is 1. The second-order valence-electron chi connectivity index (χ2n) is 3.86. The zero-order chi connectivity index (χ0) is 13.0. The van der Waals surface area contributed by atoms with Crippen molar-refractivity contribution in [3.05, 3.63) is 58.5 Å².